The Morgan fingerprint density at radius 1 is 0.791 bits per heavy atom. The lowest BCUT2D eigenvalue weighted by molar-refractivity contribution is -0.444. The van der Waals surface area contributed by atoms with E-state index in [0.717, 1.165) is 32.1 Å². The SMILES string of the molecule is OC1C(O)[C@H](NC2CCCC(c3ccccccccc3)C3CC3CC2)OC(CO[C@H]2OC3(O)C2C(O)[C@H](O)C3O)[C@H]1O. The highest BCUT2D eigenvalue weighted by Gasteiger charge is 2.71. The third-order valence-corrected chi connectivity index (χ3v) is 10.2. The van der Waals surface area contributed by atoms with Gasteiger partial charge in [-0.15, -0.1) is 0 Å². The van der Waals surface area contributed by atoms with Crippen LogP contribution in [-0.2, 0) is 14.2 Å². The molecule has 1 aromatic carbocycles. The Labute approximate surface area is 251 Å². The second kappa shape index (κ2) is 12.9. The van der Waals surface area contributed by atoms with Crippen molar-refractivity contribution < 1.29 is 50.0 Å². The maximum Gasteiger partial charge on any atom is 0.207 e. The molecule has 1 aromatic rings. The number of aliphatic hydroxyl groups excluding tert-OH is 6. The monoisotopic (exact) mass is 603 g/mol. The summed E-state index contributed by atoms with van der Waals surface area (Å²) in [6, 6.07) is 18.9. The molecule has 0 amide bonds. The van der Waals surface area contributed by atoms with Crippen LogP contribution < -0.4 is 5.32 Å². The third-order valence-electron chi connectivity index (χ3n) is 10.2. The van der Waals surface area contributed by atoms with Crippen LogP contribution in [0.5, 0.6) is 0 Å². The van der Waals surface area contributed by atoms with Crippen LogP contribution in [0.1, 0.15) is 50.0 Å². The van der Waals surface area contributed by atoms with Crippen LogP contribution in [-0.4, -0.2) is 109 Å². The van der Waals surface area contributed by atoms with Gasteiger partial charge in [0.15, 0.2) is 6.29 Å². The van der Waals surface area contributed by atoms with Gasteiger partial charge in [-0.2, -0.15) is 0 Å². The molecule has 8 N–H and O–H groups in total. The van der Waals surface area contributed by atoms with Gasteiger partial charge < -0.3 is 50.0 Å². The van der Waals surface area contributed by atoms with Gasteiger partial charge >= 0.3 is 0 Å². The normalized spacial score (nSPS) is 47.5. The van der Waals surface area contributed by atoms with Crippen LogP contribution >= 0.6 is 0 Å². The predicted octanol–water partition coefficient (Wildman–Crippen LogP) is 0.0346. The first kappa shape index (κ1) is 31.3. The fourth-order valence-electron chi connectivity index (χ4n) is 7.55. The molecule has 3 saturated carbocycles. The molecule has 0 aromatic heterocycles. The van der Waals surface area contributed by atoms with Gasteiger partial charge in [0.2, 0.25) is 5.79 Å². The molecule has 15 atom stereocenters. The Bertz CT molecular complexity index is 1130. The van der Waals surface area contributed by atoms with Crippen molar-refractivity contribution in [3.63, 3.8) is 0 Å². The van der Waals surface area contributed by atoms with Crippen molar-refractivity contribution in [2.75, 3.05) is 6.61 Å². The summed E-state index contributed by atoms with van der Waals surface area (Å²) in [4.78, 5) is 0. The van der Waals surface area contributed by atoms with Gasteiger partial charge in [0.25, 0.3) is 0 Å². The summed E-state index contributed by atoms with van der Waals surface area (Å²) in [5, 5.41) is 75.8. The first-order valence-corrected chi connectivity index (χ1v) is 15.6. The van der Waals surface area contributed by atoms with Gasteiger partial charge in [0, 0.05) is 6.04 Å². The van der Waals surface area contributed by atoms with Crippen molar-refractivity contribution in [1.29, 1.82) is 0 Å². The van der Waals surface area contributed by atoms with Gasteiger partial charge in [-0.25, -0.2) is 0 Å². The fourth-order valence-corrected chi connectivity index (χ4v) is 7.55. The lowest BCUT2D eigenvalue weighted by Crippen LogP contribution is -2.66. The highest BCUT2D eigenvalue weighted by Crippen LogP contribution is 2.54. The molecule has 0 radical (unpaired) electrons. The number of fused-ring (bicyclic) bond motifs is 2. The van der Waals surface area contributed by atoms with Crippen LogP contribution in [0.25, 0.3) is 0 Å². The zero-order valence-electron chi connectivity index (χ0n) is 24.1. The van der Waals surface area contributed by atoms with Crippen LogP contribution in [0.2, 0.25) is 0 Å². The van der Waals surface area contributed by atoms with Crippen molar-refractivity contribution >= 4 is 0 Å². The summed E-state index contributed by atoms with van der Waals surface area (Å²) in [7, 11) is 0. The second-order valence-corrected chi connectivity index (χ2v) is 12.9. The van der Waals surface area contributed by atoms with Crippen LogP contribution in [0.15, 0.2) is 54.6 Å². The molecular formula is C32H45NO10. The molecule has 3 aliphatic carbocycles. The van der Waals surface area contributed by atoms with Crippen LogP contribution in [0.3, 0.4) is 0 Å². The van der Waals surface area contributed by atoms with E-state index in [-0.39, 0.29) is 12.6 Å². The van der Waals surface area contributed by atoms with E-state index in [9.17, 15) is 35.7 Å². The molecule has 2 heterocycles. The van der Waals surface area contributed by atoms with Gasteiger partial charge in [0.1, 0.15) is 42.9 Å². The summed E-state index contributed by atoms with van der Waals surface area (Å²) in [6.45, 7) is -0.280. The van der Waals surface area contributed by atoms with E-state index in [2.05, 4.69) is 29.6 Å². The summed E-state index contributed by atoms with van der Waals surface area (Å²) in [5.74, 6) is -1.43. The Morgan fingerprint density at radius 3 is 2.19 bits per heavy atom. The van der Waals surface area contributed by atoms with E-state index in [1.165, 1.54) is 12.0 Å². The minimum Gasteiger partial charge on any atom is -0.390 e. The molecular weight excluding hydrogens is 558 g/mol. The standard InChI is InChI=1S/C32H45NO10/c34-24-22(16-41-31-23-25(35)27(37)29(39)32(23,40)43-31)42-30(28(38)26(24)36)33-19-11-8-12-20(21-15-18(21)13-14-19)17-9-6-4-2-1-3-5-7-10-17/h1-7,9-10,18-31,33-40H,8,11-16H2/t18?,19?,20?,21?,22?,23?,24-,25?,26?,27+,28?,29?,30-,31+,32?/m1/s1. The fraction of sp³-hybridized carbons (Fsp3) is 0.688. The molecule has 2 saturated heterocycles. The van der Waals surface area contributed by atoms with E-state index in [1.807, 2.05) is 30.3 Å². The molecule has 43 heavy (non-hydrogen) atoms. The van der Waals surface area contributed by atoms with Gasteiger partial charge in [-0.05, 0) is 55.4 Å². The first-order valence-electron chi connectivity index (χ1n) is 15.6. The molecule has 11 heteroatoms. The highest BCUT2D eigenvalue weighted by molar-refractivity contribution is 5.21. The van der Waals surface area contributed by atoms with Crippen molar-refractivity contribution in [2.45, 2.75) is 112 Å². The van der Waals surface area contributed by atoms with E-state index in [1.54, 1.807) is 0 Å². The molecule has 5 aliphatic rings. The summed E-state index contributed by atoms with van der Waals surface area (Å²) in [6.07, 6.45) is -6.13. The Balaban J connectivity index is 1.06. The Hall–Kier alpha value is -1.74. The summed E-state index contributed by atoms with van der Waals surface area (Å²) >= 11 is 0. The number of ether oxygens (including phenoxy) is 3. The Kier molecular flexibility index (Phi) is 9.40. The lowest BCUT2D eigenvalue weighted by Gasteiger charge is -2.49. The average molecular weight is 604 g/mol. The number of rotatable bonds is 6. The summed E-state index contributed by atoms with van der Waals surface area (Å²) in [5.41, 5.74) is 1.35. The van der Waals surface area contributed by atoms with Gasteiger partial charge in [-0.3, -0.25) is 5.32 Å². The maximum atomic E-state index is 10.8. The van der Waals surface area contributed by atoms with Crippen LogP contribution in [0.4, 0.5) is 0 Å². The molecule has 238 valence electrons. The molecule has 11 unspecified atom stereocenters. The molecule has 0 bridgehead atoms. The van der Waals surface area contributed by atoms with E-state index >= 15 is 0 Å². The molecule has 11 nitrogen and oxygen atoms in total. The van der Waals surface area contributed by atoms with Crippen LogP contribution in [0, 0.1) is 17.8 Å². The number of aliphatic hydroxyl groups is 7. The highest BCUT2D eigenvalue weighted by atomic mass is 16.8. The summed E-state index contributed by atoms with van der Waals surface area (Å²) < 4.78 is 16.9. The Morgan fingerprint density at radius 2 is 1.49 bits per heavy atom. The van der Waals surface area contributed by atoms with Gasteiger partial charge in [-0.1, -0.05) is 61.0 Å². The van der Waals surface area contributed by atoms with Crippen molar-refractivity contribution in [3.05, 3.63) is 60.2 Å². The first-order chi connectivity index (χ1) is 20.7. The predicted molar refractivity (Wildman–Crippen MR) is 152 cm³/mol. The molecule has 2 aliphatic heterocycles. The van der Waals surface area contributed by atoms with Crippen molar-refractivity contribution in [3.8, 4) is 0 Å². The van der Waals surface area contributed by atoms with Crippen molar-refractivity contribution in [1.82, 2.24) is 5.32 Å². The molecule has 0 spiro atoms. The smallest absolute Gasteiger partial charge is 0.207 e. The van der Waals surface area contributed by atoms with E-state index in [0.29, 0.717) is 17.8 Å². The number of hydrogen-bond donors (Lipinski definition) is 8. The minimum absolute atomic E-state index is 0.0479. The van der Waals surface area contributed by atoms with Crippen molar-refractivity contribution in [2.24, 2.45) is 17.8 Å². The van der Waals surface area contributed by atoms with Gasteiger partial charge in [0.05, 0.1) is 18.6 Å². The van der Waals surface area contributed by atoms with E-state index < -0.39 is 67.0 Å². The lowest BCUT2D eigenvalue weighted by atomic mass is 9.89. The third kappa shape index (κ3) is 6.23. The number of nitrogens with one attached hydrogen (secondary N) is 1. The quantitative estimate of drug-likeness (QED) is 0.220. The second-order valence-electron chi connectivity index (χ2n) is 12.9. The molecule has 6 rings (SSSR count). The largest absolute Gasteiger partial charge is 0.390 e. The number of hydrogen-bond acceptors (Lipinski definition) is 11. The zero-order valence-corrected chi connectivity index (χ0v) is 24.1. The topological polar surface area (TPSA) is 181 Å². The zero-order chi connectivity index (χ0) is 30.3. The van der Waals surface area contributed by atoms with E-state index in [4.69, 9.17) is 14.2 Å². The molecule has 5 fully saturated rings. The average Bonchev–Trinajstić information content (AvgIpc) is 3.74. The minimum atomic E-state index is -2.13. The maximum absolute atomic E-state index is 10.8.